The number of rotatable bonds is 3. The van der Waals surface area contributed by atoms with Crippen LogP contribution in [0, 0.1) is 5.82 Å². The summed E-state index contributed by atoms with van der Waals surface area (Å²) in [7, 11) is 0. The molecule has 0 aliphatic carbocycles. The fourth-order valence-corrected chi connectivity index (χ4v) is 2.56. The van der Waals surface area contributed by atoms with Crippen LogP contribution < -0.4 is 0 Å². The Morgan fingerprint density at radius 2 is 1.84 bits per heavy atom. The summed E-state index contributed by atoms with van der Waals surface area (Å²) in [5.41, 5.74) is 0.583. The van der Waals surface area contributed by atoms with Crippen LogP contribution >= 0.6 is 27.5 Å². The Morgan fingerprint density at radius 3 is 2.42 bits per heavy atom. The lowest BCUT2D eigenvalue weighted by Gasteiger charge is -2.24. The minimum atomic E-state index is -1.04. The van der Waals surface area contributed by atoms with Crippen molar-refractivity contribution in [1.82, 2.24) is 0 Å². The van der Waals surface area contributed by atoms with Gasteiger partial charge in [-0.2, -0.15) is 0 Å². The van der Waals surface area contributed by atoms with Gasteiger partial charge >= 0.3 is 0 Å². The molecule has 2 aromatic carbocycles. The normalized spacial score (nSPS) is 14.2. The first-order valence-electron chi connectivity index (χ1n) is 5.81. The van der Waals surface area contributed by atoms with Crippen molar-refractivity contribution in [3.8, 4) is 0 Å². The molecule has 0 fully saturated rings. The van der Waals surface area contributed by atoms with E-state index in [1.54, 1.807) is 37.3 Å². The smallest absolute Gasteiger partial charge is 0.124 e. The van der Waals surface area contributed by atoms with Crippen LogP contribution in [0.3, 0.4) is 0 Å². The summed E-state index contributed by atoms with van der Waals surface area (Å²) in [5.74, 6) is -0.304. The minimum Gasteiger partial charge on any atom is -0.385 e. The molecule has 2 rings (SSSR count). The van der Waals surface area contributed by atoms with E-state index in [1.807, 2.05) is 0 Å². The maximum Gasteiger partial charge on any atom is 0.124 e. The molecule has 1 nitrogen and oxygen atoms in total. The molecule has 1 atom stereocenters. The molecule has 0 aliphatic rings. The van der Waals surface area contributed by atoms with E-state index in [2.05, 4.69) is 15.9 Å². The molecule has 0 spiro atoms. The molecule has 4 heteroatoms. The van der Waals surface area contributed by atoms with Gasteiger partial charge in [0.2, 0.25) is 0 Å². The topological polar surface area (TPSA) is 20.2 Å². The van der Waals surface area contributed by atoms with Gasteiger partial charge in [0, 0.05) is 15.9 Å². The van der Waals surface area contributed by atoms with Gasteiger partial charge in [0.25, 0.3) is 0 Å². The SMILES string of the molecule is CC(O)(Cc1ccc(F)cc1Br)c1ccc(Cl)cc1. The van der Waals surface area contributed by atoms with Gasteiger partial charge in [0.05, 0.1) is 5.60 Å². The van der Waals surface area contributed by atoms with Crippen molar-refractivity contribution >= 4 is 27.5 Å². The Bertz CT molecular complexity index is 581. The Labute approximate surface area is 125 Å². The van der Waals surface area contributed by atoms with E-state index in [0.717, 1.165) is 11.1 Å². The summed E-state index contributed by atoms with van der Waals surface area (Å²) >= 11 is 9.15. The molecule has 0 aromatic heterocycles. The van der Waals surface area contributed by atoms with E-state index in [1.165, 1.54) is 12.1 Å². The Morgan fingerprint density at radius 1 is 1.21 bits per heavy atom. The van der Waals surface area contributed by atoms with Gasteiger partial charge in [-0.25, -0.2) is 4.39 Å². The lowest BCUT2D eigenvalue weighted by atomic mass is 9.89. The summed E-state index contributed by atoms with van der Waals surface area (Å²) in [6.07, 6.45) is 0.384. The third kappa shape index (κ3) is 3.56. The van der Waals surface area contributed by atoms with Crippen molar-refractivity contribution < 1.29 is 9.50 Å². The number of hydrogen-bond acceptors (Lipinski definition) is 1. The largest absolute Gasteiger partial charge is 0.385 e. The van der Waals surface area contributed by atoms with Crippen LogP contribution in [0.25, 0.3) is 0 Å². The van der Waals surface area contributed by atoms with Gasteiger partial charge in [0.15, 0.2) is 0 Å². The number of aliphatic hydroxyl groups is 1. The Kier molecular flexibility index (Phi) is 4.29. The molecule has 0 saturated carbocycles. The Balaban J connectivity index is 2.27. The fraction of sp³-hybridized carbons (Fsp3) is 0.200. The zero-order valence-electron chi connectivity index (χ0n) is 10.3. The van der Waals surface area contributed by atoms with Gasteiger partial charge < -0.3 is 5.11 Å². The fourth-order valence-electron chi connectivity index (χ4n) is 1.95. The van der Waals surface area contributed by atoms with Gasteiger partial charge in [-0.05, 0) is 42.3 Å². The monoisotopic (exact) mass is 342 g/mol. The highest BCUT2D eigenvalue weighted by molar-refractivity contribution is 9.10. The molecule has 0 heterocycles. The van der Waals surface area contributed by atoms with E-state index in [9.17, 15) is 9.50 Å². The number of benzene rings is 2. The molecule has 0 saturated heterocycles. The second-order valence-electron chi connectivity index (χ2n) is 4.69. The van der Waals surface area contributed by atoms with Crippen LogP contribution in [0.1, 0.15) is 18.1 Å². The average molecular weight is 344 g/mol. The zero-order valence-corrected chi connectivity index (χ0v) is 12.7. The highest BCUT2D eigenvalue weighted by Crippen LogP contribution is 2.29. The molecule has 2 aromatic rings. The molecule has 100 valence electrons. The summed E-state index contributed by atoms with van der Waals surface area (Å²) < 4.78 is 13.7. The van der Waals surface area contributed by atoms with Crippen molar-refractivity contribution in [3.05, 3.63) is 68.9 Å². The highest BCUT2D eigenvalue weighted by Gasteiger charge is 2.24. The third-order valence-corrected chi connectivity index (χ3v) is 4.01. The van der Waals surface area contributed by atoms with Gasteiger partial charge in [-0.3, -0.25) is 0 Å². The van der Waals surface area contributed by atoms with Crippen LogP contribution in [0.4, 0.5) is 4.39 Å². The predicted molar refractivity (Wildman–Crippen MR) is 78.8 cm³/mol. The third-order valence-electron chi connectivity index (χ3n) is 3.02. The molecular weight excluding hydrogens is 331 g/mol. The molecule has 19 heavy (non-hydrogen) atoms. The minimum absolute atomic E-state index is 0.304. The number of halogens is 3. The second kappa shape index (κ2) is 5.61. The van der Waals surface area contributed by atoms with E-state index in [0.29, 0.717) is 15.9 Å². The summed E-state index contributed by atoms with van der Waals surface area (Å²) in [6, 6.07) is 11.5. The van der Waals surface area contributed by atoms with E-state index in [4.69, 9.17) is 11.6 Å². The van der Waals surface area contributed by atoms with Gasteiger partial charge in [0.1, 0.15) is 5.82 Å². The molecule has 0 aliphatic heterocycles. The first-order valence-corrected chi connectivity index (χ1v) is 6.98. The van der Waals surface area contributed by atoms with Crippen molar-refractivity contribution in [3.63, 3.8) is 0 Å². The summed E-state index contributed by atoms with van der Waals surface area (Å²) in [5, 5.41) is 11.2. The van der Waals surface area contributed by atoms with Crippen molar-refractivity contribution in [2.75, 3.05) is 0 Å². The van der Waals surface area contributed by atoms with Crippen LogP contribution in [-0.4, -0.2) is 5.11 Å². The Hall–Kier alpha value is -0.900. The van der Waals surface area contributed by atoms with Gasteiger partial charge in [-0.15, -0.1) is 0 Å². The molecule has 0 radical (unpaired) electrons. The zero-order chi connectivity index (χ0) is 14.0. The lowest BCUT2D eigenvalue weighted by Crippen LogP contribution is -2.24. The summed E-state index contributed by atoms with van der Waals surface area (Å²) in [6.45, 7) is 1.73. The predicted octanol–water partition coefficient (Wildman–Crippen LogP) is 4.69. The maximum atomic E-state index is 13.0. The molecule has 1 unspecified atom stereocenters. The quantitative estimate of drug-likeness (QED) is 0.857. The van der Waals surface area contributed by atoms with Crippen LogP contribution in [0.15, 0.2) is 46.9 Å². The van der Waals surface area contributed by atoms with Crippen LogP contribution in [0.5, 0.6) is 0 Å². The average Bonchev–Trinajstić information content (AvgIpc) is 2.33. The summed E-state index contributed by atoms with van der Waals surface area (Å²) in [4.78, 5) is 0. The van der Waals surface area contributed by atoms with Crippen LogP contribution in [-0.2, 0) is 12.0 Å². The second-order valence-corrected chi connectivity index (χ2v) is 5.98. The van der Waals surface area contributed by atoms with E-state index in [-0.39, 0.29) is 5.82 Å². The highest BCUT2D eigenvalue weighted by atomic mass is 79.9. The van der Waals surface area contributed by atoms with E-state index >= 15 is 0 Å². The molecule has 0 bridgehead atoms. The van der Waals surface area contributed by atoms with Gasteiger partial charge in [-0.1, -0.05) is 45.7 Å². The van der Waals surface area contributed by atoms with Crippen molar-refractivity contribution in [1.29, 1.82) is 0 Å². The molecule has 0 amide bonds. The first-order chi connectivity index (χ1) is 8.88. The number of hydrogen-bond donors (Lipinski definition) is 1. The first kappa shape index (κ1) is 14.5. The van der Waals surface area contributed by atoms with Crippen molar-refractivity contribution in [2.24, 2.45) is 0 Å². The van der Waals surface area contributed by atoms with Crippen LogP contribution in [0.2, 0.25) is 5.02 Å². The lowest BCUT2D eigenvalue weighted by molar-refractivity contribution is 0.0574. The van der Waals surface area contributed by atoms with Crippen molar-refractivity contribution in [2.45, 2.75) is 18.9 Å². The molecular formula is C15H13BrClFO. The molecule has 1 N–H and O–H groups in total. The standard InChI is InChI=1S/C15H13BrClFO/c1-15(19,11-3-5-12(17)6-4-11)9-10-2-7-13(18)8-14(10)16/h2-8,19H,9H2,1H3. The maximum absolute atomic E-state index is 13.0. The van der Waals surface area contributed by atoms with E-state index < -0.39 is 5.60 Å².